The van der Waals surface area contributed by atoms with Crippen LogP contribution in [0.25, 0.3) is 0 Å². The van der Waals surface area contributed by atoms with Crippen LogP contribution >= 0.6 is 11.3 Å². The van der Waals surface area contributed by atoms with Crippen molar-refractivity contribution in [2.24, 2.45) is 5.73 Å². The molecule has 1 heterocycles. The molecule has 62 valence electrons. The van der Waals surface area contributed by atoms with Gasteiger partial charge < -0.3 is 5.73 Å². The second kappa shape index (κ2) is 3.28. The highest BCUT2D eigenvalue weighted by molar-refractivity contribution is 7.08. The lowest BCUT2D eigenvalue weighted by Crippen LogP contribution is -2.17. The van der Waals surface area contributed by atoms with Crippen LogP contribution in [-0.2, 0) is 5.92 Å². The van der Waals surface area contributed by atoms with Crippen LogP contribution in [-0.4, -0.2) is 6.54 Å². The Morgan fingerprint density at radius 1 is 1.55 bits per heavy atom. The van der Waals surface area contributed by atoms with Crippen LogP contribution in [0.4, 0.5) is 8.78 Å². The quantitative estimate of drug-likeness (QED) is 0.752. The first-order valence-corrected chi connectivity index (χ1v) is 4.21. The Balaban J connectivity index is 2.73. The van der Waals surface area contributed by atoms with Gasteiger partial charge in [-0.15, -0.1) is 0 Å². The van der Waals surface area contributed by atoms with Gasteiger partial charge in [-0.25, -0.2) is 8.78 Å². The average molecular weight is 177 g/mol. The van der Waals surface area contributed by atoms with Crippen LogP contribution in [0.3, 0.4) is 0 Å². The van der Waals surface area contributed by atoms with E-state index >= 15 is 0 Å². The summed E-state index contributed by atoms with van der Waals surface area (Å²) in [6.45, 7) is 0.0167. The van der Waals surface area contributed by atoms with Crippen molar-refractivity contribution >= 4 is 11.3 Å². The number of thiophene rings is 1. The van der Waals surface area contributed by atoms with E-state index in [9.17, 15) is 8.78 Å². The van der Waals surface area contributed by atoms with Crippen LogP contribution in [0.15, 0.2) is 16.8 Å². The van der Waals surface area contributed by atoms with Crippen LogP contribution in [0.1, 0.15) is 12.0 Å². The first-order valence-electron chi connectivity index (χ1n) is 3.27. The summed E-state index contributed by atoms with van der Waals surface area (Å²) in [5, 5.41) is 3.09. The van der Waals surface area contributed by atoms with Crippen molar-refractivity contribution in [1.82, 2.24) is 0 Å². The summed E-state index contributed by atoms with van der Waals surface area (Å²) in [4.78, 5) is 0. The second-order valence-corrected chi connectivity index (χ2v) is 3.04. The monoisotopic (exact) mass is 177 g/mol. The number of nitrogens with two attached hydrogens (primary N) is 1. The maximum absolute atomic E-state index is 12.9. The van der Waals surface area contributed by atoms with Gasteiger partial charge in [0.15, 0.2) is 0 Å². The Labute approximate surface area is 67.8 Å². The summed E-state index contributed by atoms with van der Waals surface area (Å²) in [7, 11) is 0. The number of alkyl halides is 2. The van der Waals surface area contributed by atoms with Crippen molar-refractivity contribution in [2.45, 2.75) is 12.3 Å². The maximum atomic E-state index is 12.9. The fourth-order valence-electron chi connectivity index (χ4n) is 0.798. The zero-order valence-corrected chi connectivity index (χ0v) is 6.70. The van der Waals surface area contributed by atoms with E-state index in [1.54, 1.807) is 5.38 Å². The number of hydrogen-bond donors (Lipinski definition) is 1. The van der Waals surface area contributed by atoms with Gasteiger partial charge in [0.25, 0.3) is 5.92 Å². The van der Waals surface area contributed by atoms with Gasteiger partial charge in [-0.1, -0.05) is 0 Å². The first kappa shape index (κ1) is 8.62. The number of hydrogen-bond acceptors (Lipinski definition) is 2. The van der Waals surface area contributed by atoms with E-state index in [1.165, 1.54) is 22.8 Å². The molecule has 0 radical (unpaired) electrons. The molecule has 1 nitrogen and oxygen atoms in total. The second-order valence-electron chi connectivity index (χ2n) is 2.26. The van der Waals surface area contributed by atoms with E-state index in [2.05, 4.69) is 0 Å². The Morgan fingerprint density at radius 3 is 2.73 bits per heavy atom. The Hall–Kier alpha value is -0.480. The lowest BCUT2D eigenvalue weighted by Gasteiger charge is -2.12. The smallest absolute Gasteiger partial charge is 0.275 e. The van der Waals surface area contributed by atoms with Crippen molar-refractivity contribution in [1.29, 1.82) is 0 Å². The van der Waals surface area contributed by atoms with Crippen molar-refractivity contribution in [3.63, 3.8) is 0 Å². The van der Waals surface area contributed by atoms with Gasteiger partial charge >= 0.3 is 0 Å². The van der Waals surface area contributed by atoms with Crippen LogP contribution in [0, 0.1) is 0 Å². The highest BCUT2D eigenvalue weighted by Crippen LogP contribution is 2.32. The largest absolute Gasteiger partial charge is 0.330 e. The third-order valence-corrected chi connectivity index (χ3v) is 2.09. The molecule has 0 unspecified atom stereocenters. The third-order valence-electron chi connectivity index (χ3n) is 1.40. The van der Waals surface area contributed by atoms with Gasteiger partial charge in [0.1, 0.15) is 0 Å². The summed E-state index contributed by atoms with van der Waals surface area (Å²) >= 11 is 1.27. The van der Waals surface area contributed by atoms with Crippen LogP contribution in [0.2, 0.25) is 0 Å². The average Bonchev–Trinajstić information content (AvgIpc) is 2.37. The summed E-state index contributed by atoms with van der Waals surface area (Å²) in [5.74, 6) is -2.74. The Kier molecular flexibility index (Phi) is 2.57. The van der Waals surface area contributed by atoms with E-state index in [-0.39, 0.29) is 18.5 Å². The molecule has 1 aromatic rings. The molecular formula is C7H9F2NS. The SMILES string of the molecule is NCCC(F)(F)c1ccsc1. The molecular weight excluding hydrogens is 168 g/mol. The zero-order valence-electron chi connectivity index (χ0n) is 5.89. The third kappa shape index (κ3) is 1.97. The van der Waals surface area contributed by atoms with E-state index < -0.39 is 5.92 Å². The summed E-state index contributed by atoms with van der Waals surface area (Å²) in [6, 6.07) is 1.43. The van der Waals surface area contributed by atoms with Gasteiger partial charge in [0, 0.05) is 12.0 Å². The molecule has 4 heteroatoms. The first-order chi connectivity index (χ1) is 5.17. The van der Waals surface area contributed by atoms with Gasteiger partial charge in [0.05, 0.1) is 0 Å². The zero-order chi connectivity index (χ0) is 8.32. The molecule has 0 atom stereocenters. The molecule has 0 bridgehead atoms. The topological polar surface area (TPSA) is 26.0 Å². The minimum atomic E-state index is -2.74. The van der Waals surface area contributed by atoms with Crippen molar-refractivity contribution < 1.29 is 8.78 Å². The van der Waals surface area contributed by atoms with Crippen molar-refractivity contribution in [3.8, 4) is 0 Å². The van der Waals surface area contributed by atoms with Gasteiger partial charge in [-0.2, -0.15) is 11.3 Å². The van der Waals surface area contributed by atoms with Gasteiger partial charge in [-0.05, 0) is 23.4 Å². The highest BCUT2D eigenvalue weighted by atomic mass is 32.1. The molecule has 1 rings (SSSR count). The maximum Gasteiger partial charge on any atom is 0.275 e. The molecule has 2 N–H and O–H groups in total. The molecule has 1 aromatic heterocycles. The predicted octanol–water partition coefficient (Wildman–Crippen LogP) is 2.19. The minimum absolute atomic E-state index is 0.0167. The van der Waals surface area contributed by atoms with Crippen molar-refractivity contribution in [3.05, 3.63) is 22.4 Å². The van der Waals surface area contributed by atoms with Crippen molar-refractivity contribution in [2.75, 3.05) is 6.54 Å². The highest BCUT2D eigenvalue weighted by Gasteiger charge is 2.30. The standard InChI is InChI=1S/C7H9F2NS/c8-7(9,2-3-10)6-1-4-11-5-6/h1,4-5H,2-3,10H2. The predicted molar refractivity (Wildman–Crippen MR) is 41.9 cm³/mol. The molecule has 0 aromatic carbocycles. The Bertz CT molecular complexity index is 208. The minimum Gasteiger partial charge on any atom is -0.330 e. The number of rotatable bonds is 3. The van der Waals surface area contributed by atoms with E-state index in [0.29, 0.717) is 0 Å². The fourth-order valence-corrected chi connectivity index (χ4v) is 1.50. The molecule has 0 aliphatic heterocycles. The van der Waals surface area contributed by atoms with Crippen LogP contribution in [0.5, 0.6) is 0 Å². The fraction of sp³-hybridized carbons (Fsp3) is 0.429. The molecule has 0 saturated heterocycles. The van der Waals surface area contributed by atoms with E-state index in [0.717, 1.165) is 0 Å². The normalized spacial score (nSPS) is 11.9. The molecule has 11 heavy (non-hydrogen) atoms. The molecule has 0 saturated carbocycles. The molecule has 0 fully saturated rings. The molecule has 0 amide bonds. The summed E-state index contributed by atoms with van der Waals surface area (Å²) in [6.07, 6.45) is -0.274. The Morgan fingerprint density at radius 2 is 2.27 bits per heavy atom. The molecule has 0 aliphatic rings. The van der Waals surface area contributed by atoms with Gasteiger partial charge in [-0.3, -0.25) is 0 Å². The summed E-state index contributed by atoms with van der Waals surface area (Å²) in [5.41, 5.74) is 5.12. The molecule has 0 aliphatic carbocycles. The lowest BCUT2D eigenvalue weighted by atomic mass is 10.1. The van der Waals surface area contributed by atoms with E-state index in [4.69, 9.17) is 5.73 Å². The van der Waals surface area contributed by atoms with E-state index in [1.807, 2.05) is 0 Å². The lowest BCUT2D eigenvalue weighted by molar-refractivity contribution is -0.0102. The van der Waals surface area contributed by atoms with Crippen LogP contribution < -0.4 is 5.73 Å². The van der Waals surface area contributed by atoms with Gasteiger partial charge in [0.2, 0.25) is 0 Å². The molecule has 0 spiro atoms. The number of halogens is 2. The summed E-state index contributed by atoms with van der Waals surface area (Å²) < 4.78 is 25.8.